The highest BCUT2D eigenvalue weighted by atomic mass is 79.9. The van der Waals surface area contributed by atoms with Crippen molar-refractivity contribution in [1.29, 1.82) is 0 Å². The molecule has 0 N–H and O–H groups in total. The summed E-state index contributed by atoms with van der Waals surface area (Å²) in [5.41, 5.74) is 1.53. The minimum atomic E-state index is -0.333. The van der Waals surface area contributed by atoms with E-state index in [0.717, 1.165) is 15.8 Å². The van der Waals surface area contributed by atoms with Crippen LogP contribution in [0.4, 0.5) is 0 Å². The van der Waals surface area contributed by atoms with Crippen molar-refractivity contribution in [2.45, 2.75) is 6.61 Å². The van der Waals surface area contributed by atoms with Crippen LogP contribution in [0.15, 0.2) is 53.0 Å². The van der Waals surface area contributed by atoms with Gasteiger partial charge in [0.25, 0.3) is 0 Å². The van der Waals surface area contributed by atoms with Crippen LogP contribution in [0.3, 0.4) is 0 Å². The molecule has 19 heavy (non-hydrogen) atoms. The molecular weight excluding hydrogens is 308 g/mol. The molecule has 0 fully saturated rings. The third kappa shape index (κ3) is 3.83. The molecule has 0 bridgehead atoms. The second kappa shape index (κ2) is 6.38. The lowest BCUT2D eigenvalue weighted by Gasteiger charge is -2.07. The SMILES string of the molecule is COC(=O)c1ccc(COc2ccc(Br)cc2)cc1. The molecule has 0 unspecified atom stereocenters. The number of esters is 1. The highest BCUT2D eigenvalue weighted by molar-refractivity contribution is 9.10. The molecule has 0 aliphatic heterocycles. The predicted octanol–water partition coefficient (Wildman–Crippen LogP) is 3.81. The summed E-state index contributed by atoms with van der Waals surface area (Å²) in [6, 6.07) is 14.8. The Kier molecular flexibility index (Phi) is 4.58. The molecule has 0 saturated heterocycles. The van der Waals surface area contributed by atoms with E-state index in [2.05, 4.69) is 20.7 Å². The Hall–Kier alpha value is -1.81. The first-order valence-corrected chi connectivity index (χ1v) is 6.54. The standard InChI is InChI=1S/C15H13BrO3/c1-18-15(17)12-4-2-11(3-5-12)10-19-14-8-6-13(16)7-9-14/h2-9H,10H2,1H3. The van der Waals surface area contributed by atoms with Gasteiger partial charge in [0.1, 0.15) is 12.4 Å². The highest BCUT2D eigenvalue weighted by Gasteiger charge is 2.04. The largest absolute Gasteiger partial charge is 0.489 e. The van der Waals surface area contributed by atoms with Gasteiger partial charge in [-0.25, -0.2) is 4.79 Å². The number of hydrogen-bond acceptors (Lipinski definition) is 3. The first-order valence-electron chi connectivity index (χ1n) is 5.74. The Morgan fingerprint density at radius 1 is 1.05 bits per heavy atom. The lowest BCUT2D eigenvalue weighted by atomic mass is 10.1. The Morgan fingerprint density at radius 2 is 1.68 bits per heavy atom. The fourth-order valence-electron chi connectivity index (χ4n) is 1.55. The van der Waals surface area contributed by atoms with E-state index in [0.29, 0.717) is 12.2 Å². The summed E-state index contributed by atoms with van der Waals surface area (Å²) in [4.78, 5) is 11.3. The van der Waals surface area contributed by atoms with Crippen LogP contribution in [0.1, 0.15) is 15.9 Å². The van der Waals surface area contributed by atoms with Gasteiger partial charge in [0.2, 0.25) is 0 Å². The van der Waals surface area contributed by atoms with Gasteiger partial charge in [-0.15, -0.1) is 0 Å². The monoisotopic (exact) mass is 320 g/mol. The fourth-order valence-corrected chi connectivity index (χ4v) is 1.82. The third-order valence-corrected chi connectivity index (χ3v) is 3.12. The van der Waals surface area contributed by atoms with Crippen molar-refractivity contribution in [3.63, 3.8) is 0 Å². The smallest absolute Gasteiger partial charge is 0.337 e. The summed E-state index contributed by atoms with van der Waals surface area (Å²) < 4.78 is 11.3. The zero-order chi connectivity index (χ0) is 13.7. The van der Waals surface area contributed by atoms with E-state index in [1.165, 1.54) is 7.11 Å². The van der Waals surface area contributed by atoms with Crippen LogP contribution in [-0.2, 0) is 11.3 Å². The molecule has 0 aliphatic rings. The number of carbonyl (C=O) groups excluding carboxylic acids is 1. The normalized spacial score (nSPS) is 10.0. The van der Waals surface area contributed by atoms with Gasteiger partial charge in [0.05, 0.1) is 12.7 Å². The molecule has 2 rings (SSSR count). The maximum atomic E-state index is 11.3. The topological polar surface area (TPSA) is 35.5 Å². The van der Waals surface area contributed by atoms with Crippen LogP contribution in [0.5, 0.6) is 5.75 Å². The second-order valence-electron chi connectivity index (χ2n) is 3.93. The van der Waals surface area contributed by atoms with Crippen molar-refractivity contribution in [3.05, 3.63) is 64.1 Å². The summed E-state index contributed by atoms with van der Waals surface area (Å²) in [5, 5.41) is 0. The molecule has 98 valence electrons. The van der Waals surface area contributed by atoms with E-state index in [-0.39, 0.29) is 5.97 Å². The minimum absolute atomic E-state index is 0.333. The van der Waals surface area contributed by atoms with Crippen molar-refractivity contribution in [1.82, 2.24) is 0 Å². The van der Waals surface area contributed by atoms with Crippen molar-refractivity contribution >= 4 is 21.9 Å². The van der Waals surface area contributed by atoms with Gasteiger partial charge in [0.15, 0.2) is 0 Å². The number of benzene rings is 2. The number of hydrogen-bond donors (Lipinski definition) is 0. The summed E-state index contributed by atoms with van der Waals surface area (Å²) >= 11 is 3.37. The number of methoxy groups -OCH3 is 1. The molecular formula is C15H13BrO3. The van der Waals surface area contributed by atoms with Crippen LogP contribution in [0.25, 0.3) is 0 Å². The molecule has 0 saturated carbocycles. The Labute approximate surface area is 120 Å². The van der Waals surface area contributed by atoms with E-state index in [1.807, 2.05) is 36.4 Å². The van der Waals surface area contributed by atoms with Crippen molar-refractivity contribution in [3.8, 4) is 5.75 Å². The summed E-state index contributed by atoms with van der Waals surface area (Å²) in [6.45, 7) is 0.461. The number of ether oxygens (including phenoxy) is 2. The number of halogens is 1. The van der Waals surface area contributed by atoms with E-state index in [4.69, 9.17) is 4.74 Å². The molecule has 0 amide bonds. The fraction of sp³-hybridized carbons (Fsp3) is 0.133. The number of rotatable bonds is 4. The van der Waals surface area contributed by atoms with E-state index >= 15 is 0 Å². The average molecular weight is 321 g/mol. The second-order valence-corrected chi connectivity index (χ2v) is 4.85. The summed E-state index contributed by atoms with van der Waals surface area (Å²) in [5.74, 6) is 0.473. The quantitative estimate of drug-likeness (QED) is 0.803. The van der Waals surface area contributed by atoms with E-state index < -0.39 is 0 Å². The van der Waals surface area contributed by atoms with Gasteiger partial charge in [-0.1, -0.05) is 28.1 Å². The number of carbonyl (C=O) groups is 1. The van der Waals surface area contributed by atoms with Crippen molar-refractivity contribution in [2.24, 2.45) is 0 Å². The molecule has 2 aromatic carbocycles. The van der Waals surface area contributed by atoms with Gasteiger partial charge < -0.3 is 9.47 Å². The van der Waals surface area contributed by atoms with Crippen LogP contribution in [0, 0.1) is 0 Å². The van der Waals surface area contributed by atoms with E-state index in [1.54, 1.807) is 12.1 Å². The van der Waals surface area contributed by atoms with Crippen LogP contribution in [0.2, 0.25) is 0 Å². The van der Waals surface area contributed by atoms with Gasteiger partial charge in [0, 0.05) is 4.47 Å². The summed E-state index contributed by atoms with van der Waals surface area (Å²) in [7, 11) is 1.37. The van der Waals surface area contributed by atoms with Crippen molar-refractivity contribution < 1.29 is 14.3 Å². The first kappa shape index (κ1) is 13.6. The first-order chi connectivity index (χ1) is 9.19. The molecule has 0 aromatic heterocycles. The molecule has 0 atom stereocenters. The highest BCUT2D eigenvalue weighted by Crippen LogP contribution is 2.17. The average Bonchev–Trinajstić information content (AvgIpc) is 2.46. The van der Waals surface area contributed by atoms with Crippen LogP contribution >= 0.6 is 15.9 Å². The summed E-state index contributed by atoms with van der Waals surface area (Å²) in [6.07, 6.45) is 0. The van der Waals surface area contributed by atoms with Crippen molar-refractivity contribution in [2.75, 3.05) is 7.11 Å². The zero-order valence-electron chi connectivity index (χ0n) is 10.4. The van der Waals surface area contributed by atoms with Crippen LogP contribution in [-0.4, -0.2) is 13.1 Å². The van der Waals surface area contributed by atoms with Gasteiger partial charge >= 0.3 is 5.97 Å². The molecule has 0 heterocycles. The van der Waals surface area contributed by atoms with Gasteiger partial charge in [-0.2, -0.15) is 0 Å². The third-order valence-electron chi connectivity index (χ3n) is 2.59. The van der Waals surface area contributed by atoms with Gasteiger partial charge in [-0.05, 0) is 42.0 Å². The van der Waals surface area contributed by atoms with Gasteiger partial charge in [-0.3, -0.25) is 0 Å². The molecule has 2 aromatic rings. The Bertz CT molecular complexity index is 547. The lowest BCUT2D eigenvalue weighted by Crippen LogP contribution is -2.01. The Balaban J connectivity index is 1.96. The van der Waals surface area contributed by atoms with E-state index in [9.17, 15) is 4.79 Å². The molecule has 3 nitrogen and oxygen atoms in total. The lowest BCUT2D eigenvalue weighted by molar-refractivity contribution is 0.0600. The molecule has 4 heteroatoms. The maximum Gasteiger partial charge on any atom is 0.337 e. The molecule has 0 radical (unpaired) electrons. The minimum Gasteiger partial charge on any atom is -0.489 e. The molecule has 0 spiro atoms. The maximum absolute atomic E-state index is 11.3. The van der Waals surface area contributed by atoms with Crippen LogP contribution < -0.4 is 4.74 Å². The predicted molar refractivity (Wildman–Crippen MR) is 76.3 cm³/mol. The molecule has 0 aliphatic carbocycles. The zero-order valence-corrected chi connectivity index (χ0v) is 12.0. The Morgan fingerprint density at radius 3 is 2.26 bits per heavy atom.